The lowest BCUT2D eigenvalue weighted by atomic mass is 10.0. The second-order valence-corrected chi connectivity index (χ2v) is 9.59. The van der Waals surface area contributed by atoms with Gasteiger partial charge >= 0.3 is 0 Å². The molecule has 2 aliphatic rings. The Morgan fingerprint density at radius 3 is 2.21 bits per heavy atom. The van der Waals surface area contributed by atoms with E-state index in [0.29, 0.717) is 31.2 Å². The van der Waals surface area contributed by atoms with Gasteiger partial charge in [-0.3, -0.25) is 9.59 Å². The van der Waals surface area contributed by atoms with Crippen molar-refractivity contribution >= 4 is 23.4 Å². The number of aromatic nitrogens is 2. The standard InChI is InChI=1S/C27H29ClN4O2/c28-23-12-10-20(11-13-23)26-22(19-32(29-26)24-8-2-1-3-9-24)18-25(33)30-14-16-31(17-15-30)27(34)21-6-4-5-7-21/h1-3,8-13,19,21H,4-7,14-18H2. The number of hydrogen-bond acceptors (Lipinski definition) is 3. The zero-order chi connectivity index (χ0) is 23.5. The van der Waals surface area contributed by atoms with Gasteiger partial charge in [-0.15, -0.1) is 0 Å². The average molecular weight is 477 g/mol. The van der Waals surface area contributed by atoms with Gasteiger partial charge in [0.1, 0.15) is 0 Å². The van der Waals surface area contributed by atoms with Crippen molar-refractivity contribution in [1.82, 2.24) is 19.6 Å². The van der Waals surface area contributed by atoms with E-state index in [1.807, 2.05) is 75.3 Å². The SMILES string of the molecule is O=C(Cc1cn(-c2ccccc2)nc1-c1ccc(Cl)cc1)N1CCN(C(=O)C2CCCC2)CC1. The smallest absolute Gasteiger partial charge is 0.227 e. The predicted molar refractivity (Wildman–Crippen MR) is 133 cm³/mol. The Hall–Kier alpha value is -3.12. The largest absolute Gasteiger partial charge is 0.339 e. The van der Waals surface area contributed by atoms with Crippen LogP contribution in [0, 0.1) is 5.92 Å². The van der Waals surface area contributed by atoms with Crippen LogP contribution < -0.4 is 0 Å². The van der Waals surface area contributed by atoms with Gasteiger partial charge in [0.25, 0.3) is 0 Å². The molecule has 2 amide bonds. The summed E-state index contributed by atoms with van der Waals surface area (Å²) >= 11 is 6.09. The summed E-state index contributed by atoms with van der Waals surface area (Å²) in [7, 11) is 0. The summed E-state index contributed by atoms with van der Waals surface area (Å²) in [5.41, 5.74) is 3.52. The molecule has 1 aliphatic carbocycles. The highest BCUT2D eigenvalue weighted by atomic mass is 35.5. The molecule has 3 aromatic rings. The van der Waals surface area contributed by atoms with Gasteiger partial charge in [0, 0.05) is 54.4 Å². The second kappa shape index (κ2) is 10.0. The Morgan fingerprint density at radius 2 is 1.53 bits per heavy atom. The predicted octanol–water partition coefficient (Wildman–Crippen LogP) is 4.60. The van der Waals surface area contributed by atoms with Crippen LogP contribution in [-0.4, -0.2) is 57.6 Å². The highest BCUT2D eigenvalue weighted by molar-refractivity contribution is 6.30. The number of nitrogens with zero attached hydrogens (tertiary/aromatic N) is 4. The van der Waals surface area contributed by atoms with E-state index in [-0.39, 0.29) is 24.2 Å². The van der Waals surface area contributed by atoms with Gasteiger partial charge in [-0.05, 0) is 37.1 Å². The number of para-hydroxylation sites is 1. The van der Waals surface area contributed by atoms with Crippen molar-refractivity contribution in [2.45, 2.75) is 32.1 Å². The molecule has 34 heavy (non-hydrogen) atoms. The third-order valence-corrected chi connectivity index (χ3v) is 7.17. The average Bonchev–Trinajstić information content (AvgIpc) is 3.56. The maximum atomic E-state index is 13.2. The Balaban J connectivity index is 1.31. The molecule has 0 atom stereocenters. The molecular weight excluding hydrogens is 448 g/mol. The van der Waals surface area contributed by atoms with E-state index in [2.05, 4.69) is 0 Å². The lowest BCUT2D eigenvalue weighted by Crippen LogP contribution is -2.52. The summed E-state index contributed by atoms with van der Waals surface area (Å²) in [6.07, 6.45) is 6.54. The maximum absolute atomic E-state index is 13.2. The molecular formula is C27H29ClN4O2. The van der Waals surface area contributed by atoms with Crippen LogP contribution in [0.4, 0.5) is 0 Å². The molecule has 1 aromatic heterocycles. The molecule has 0 bridgehead atoms. The minimum Gasteiger partial charge on any atom is -0.339 e. The molecule has 2 heterocycles. The Kier molecular flexibility index (Phi) is 6.68. The van der Waals surface area contributed by atoms with Gasteiger partial charge < -0.3 is 9.80 Å². The first-order valence-corrected chi connectivity index (χ1v) is 12.4. The second-order valence-electron chi connectivity index (χ2n) is 9.15. The summed E-state index contributed by atoms with van der Waals surface area (Å²) in [4.78, 5) is 29.8. The first-order valence-electron chi connectivity index (χ1n) is 12.0. The number of rotatable bonds is 5. The number of amides is 2. The van der Waals surface area contributed by atoms with E-state index in [9.17, 15) is 9.59 Å². The minimum atomic E-state index is 0.0655. The fraction of sp³-hybridized carbons (Fsp3) is 0.370. The molecule has 1 saturated heterocycles. The Morgan fingerprint density at radius 1 is 0.882 bits per heavy atom. The third kappa shape index (κ3) is 4.87. The van der Waals surface area contributed by atoms with Gasteiger partial charge in [0.05, 0.1) is 17.8 Å². The summed E-state index contributed by atoms with van der Waals surface area (Å²) < 4.78 is 1.82. The number of halogens is 1. The molecule has 1 aliphatic heterocycles. The van der Waals surface area contributed by atoms with Gasteiger partial charge in [-0.1, -0.05) is 54.8 Å². The van der Waals surface area contributed by atoms with Crippen molar-refractivity contribution in [3.8, 4) is 16.9 Å². The van der Waals surface area contributed by atoms with E-state index in [0.717, 1.165) is 48.2 Å². The van der Waals surface area contributed by atoms with Crippen molar-refractivity contribution in [3.05, 3.63) is 71.4 Å². The highest BCUT2D eigenvalue weighted by Crippen LogP contribution is 2.28. The Labute approximate surface area is 205 Å². The van der Waals surface area contributed by atoms with Crippen molar-refractivity contribution in [2.24, 2.45) is 5.92 Å². The summed E-state index contributed by atoms with van der Waals surface area (Å²) in [6.45, 7) is 2.41. The van der Waals surface area contributed by atoms with Crippen LogP contribution in [0.25, 0.3) is 16.9 Å². The normalized spacial score (nSPS) is 16.7. The van der Waals surface area contributed by atoms with Gasteiger partial charge in [0.2, 0.25) is 11.8 Å². The first-order chi connectivity index (χ1) is 16.6. The van der Waals surface area contributed by atoms with Gasteiger partial charge in [0.15, 0.2) is 0 Å². The van der Waals surface area contributed by atoms with Crippen LogP contribution in [0.15, 0.2) is 60.8 Å². The van der Waals surface area contributed by atoms with Crippen molar-refractivity contribution in [2.75, 3.05) is 26.2 Å². The van der Waals surface area contributed by atoms with Crippen LogP contribution in [0.3, 0.4) is 0 Å². The Bertz CT molecular complexity index is 1150. The highest BCUT2D eigenvalue weighted by Gasteiger charge is 2.30. The molecule has 6 nitrogen and oxygen atoms in total. The van der Waals surface area contributed by atoms with E-state index in [1.165, 1.54) is 0 Å². The topological polar surface area (TPSA) is 58.4 Å². The molecule has 176 valence electrons. The van der Waals surface area contributed by atoms with E-state index < -0.39 is 0 Å². The fourth-order valence-electron chi connectivity index (χ4n) is 4.98. The molecule has 2 fully saturated rings. The quantitative estimate of drug-likeness (QED) is 0.541. The van der Waals surface area contributed by atoms with Crippen molar-refractivity contribution < 1.29 is 9.59 Å². The van der Waals surface area contributed by atoms with Crippen molar-refractivity contribution in [3.63, 3.8) is 0 Å². The van der Waals surface area contributed by atoms with Crippen LogP contribution in [-0.2, 0) is 16.0 Å². The molecule has 1 saturated carbocycles. The first kappa shape index (κ1) is 22.7. The van der Waals surface area contributed by atoms with Crippen LogP contribution in [0.5, 0.6) is 0 Å². The molecule has 2 aromatic carbocycles. The molecule has 0 unspecified atom stereocenters. The lowest BCUT2D eigenvalue weighted by molar-refractivity contribution is -0.141. The summed E-state index contributed by atoms with van der Waals surface area (Å²) in [5, 5.41) is 5.47. The zero-order valence-corrected chi connectivity index (χ0v) is 20.0. The van der Waals surface area contributed by atoms with E-state index in [4.69, 9.17) is 16.7 Å². The molecule has 0 spiro atoms. The molecule has 5 rings (SSSR count). The zero-order valence-electron chi connectivity index (χ0n) is 19.2. The third-order valence-electron chi connectivity index (χ3n) is 6.92. The van der Waals surface area contributed by atoms with Gasteiger partial charge in [-0.2, -0.15) is 5.10 Å². The minimum absolute atomic E-state index is 0.0655. The summed E-state index contributed by atoms with van der Waals surface area (Å²) in [6, 6.07) is 17.4. The van der Waals surface area contributed by atoms with Crippen LogP contribution in [0.1, 0.15) is 31.2 Å². The lowest BCUT2D eigenvalue weighted by Gasteiger charge is -2.36. The monoisotopic (exact) mass is 476 g/mol. The number of benzene rings is 2. The molecule has 0 radical (unpaired) electrons. The number of carbonyl (C=O) groups is 2. The summed E-state index contributed by atoms with van der Waals surface area (Å²) in [5.74, 6) is 0.530. The van der Waals surface area contributed by atoms with E-state index >= 15 is 0 Å². The number of piperazine rings is 1. The molecule has 0 N–H and O–H groups in total. The van der Waals surface area contributed by atoms with Crippen LogP contribution >= 0.6 is 11.6 Å². The van der Waals surface area contributed by atoms with E-state index in [1.54, 1.807) is 0 Å². The number of hydrogen-bond donors (Lipinski definition) is 0. The molecule has 7 heteroatoms. The van der Waals surface area contributed by atoms with Crippen LogP contribution in [0.2, 0.25) is 5.02 Å². The van der Waals surface area contributed by atoms with Gasteiger partial charge in [-0.25, -0.2) is 4.68 Å². The fourth-order valence-corrected chi connectivity index (χ4v) is 5.11. The number of carbonyl (C=O) groups excluding carboxylic acids is 2. The van der Waals surface area contributed by atoms with Crippen molar-refractivity contribution in [1.29, 1.82) is 0 Å². The maximum Gasteiger partial charge on any atom is 0.227 e.